The van der Waals surface area contributed by atoms with E-state index in [1.807, 2.05) is 0 Å². The van der Waals surface area contributed by atoms with Crippen LogP contribution in [0.5, 0.6) is 0 Å². The predicted molar refractivity (Wildman–Crippen MR) is 66.4 cm³/mol. The van der Waals surface area contributed by atoms with Gasteiger partial charge in [0, 0.05) is 25.1 Å². The molecule has 1 aliphatic heterocycles. The van der Waals surface area contributed by atoms with E-state index in [0.29, 0.717) is 19.0 Å². The van der Waals surface area contributed by atoms with Gasteiger partial charge < -0.3 is 14.5 Å². The number of β-amino-alcohol motifs (C(OH)–C–C–N with tert-alkyl or cyclic N) is 1. The summed E-state index contributed by atoms with van der Waals surface area (Å²) >= 11 is 0. The number of aliphatic hydroxyl groups is 1. The number of hydrogen-bond donors (Lipinski definition) is 1. The molecule has 0 aromatic carbocycles. The summed E-state index contributed by atoms with van der Waals surface area (Å²) in [6.45, 7) is 5.19. The average Bonchev–Trinajstić information content (AvgIpc) is 2.86. The molecule has 1 amide bonds. The fourth-order valence-electron chi connectivity index (χ4n) is 2.13. The smallest absolute Gasteiger partial charge is 0.292 e. The van der Waals surface area contributed by atoms with Gasteiger partial charge in [-0.15, -0.1) is 0 Å². The van der Waals surface area contributed by atoms with Gasteiger partial charge in [0.1, 0.15) is 0 Å². The monoisotopic (exact) mass is 252 g/mol. The van der Waals surface area contributed by atoms with Crippen LogP contribution in [0.25, 0.3) is 0 Å². The van der Waals surface area contributed by atoms with Crippen LogP contribution in [-0.2, 0) is 0 Å². The first kappa shape index (κ1) is 13.1. The highest BCUT2D eigenvalue weighted by atomic mass is 16.5. The topological polar surface area (TPSA) is 66.6 Å². The van der Waals surface area contributed by atoms with Crippen molar-refractivity contribution in [3.63, 3.8) is 0 Å². The Morgan fingerprint density at radius 3 is 3.17 bits per heavy atom. The highest BCUT2D eigenvalue weighted by Crippen LogP contribution is 2.20. The van der Waals surface area contributed by atoms with Crippen LogP contribution in [0.4, 0.5) is 0 Å². The van der Waals surface area contributed by atoms with Crippen LogP contribution >= 0.6 is 0 Å². The second-order valence-corrected chi connectivity index (χ2v) is 4.97. The molecule has 1 aromatic heterocycles. The molecular weight excluding hydrogens is 232 g/mol. The molecule has 2 atom stereocenters. The number of aliphatic hydroxyl groups excluding tert-OH is 1. The molecule has 18 heavy (non-hydrogen) atoms. The number of nitrogens with zero attached hydrogens (tertiary/aromatic N) is 2. The minimum atomic E-state index is -0.417. The largest absolute Gasteiger partial charge is 0.391 e. The van der Waals surface area contributed by atoms with Gasteiger partial charge in [-0.1, -0.05) is 19.0 Å². The van der Waals surface area contributed by atoms with Crippen molar-refractivity contribution >= 4 is 5.91 Å². The maximum absolute atomic E-state index is 12.2. The molecule has 2 heterocycles. The van der Waals surface area contributed by atoms with E-state index >= 15 is 0 Å². The number of carbonyl (C=O) groups is 1. The number of aromatic nitrogens is 1. The molecule has 0 spiro atoms. The molecule has 1 saturated heterocycles. The maximum atomic E-state index is 12.2. The van der Waals surface area contributed by atoms with Crippen molar-refractivity contribution in [3.05, 3.63) is 17.5 Å². The Labute approximate surface area is 107 Å². The number of likely N-dealkylation sites (tertiary alicyclic amines) is 1. The number of carbonyl (C=O) groups excluding carboxylic acids is 1. The van der Waals surface area contributed by atoms with Crippen LogP contribution in [-0.4, -0.2) is 40.3 Å². The van der Waals surface area contributed by atoms with E-state index in [1.165, 1.54) is 0 Å². The maximum Gasteiger partial charge on any atom is 0.292 e. The predicted octanol–water partition coefficient (Wildman–Crippen LogP) is 1.79. The SMILES string of the molecule is CCC(C)c1cc(C(=O)N2CCCC(O)C2)on1. The van der Waals surface area contributed by atoms with E-state index < -0.39 is 6.10 Å². The van der Waals surface area contributed by atoms with Crippen molar-refractivity contribution in [3.8, 4) is 0 Å². The van der Waals surface area contributed by atoms with Gasteiger partial charge >= 0.3 is 0 Å². The van der Waals surface area contributed by atoms with Crippen molar-refractivity contribution in [2.45, 2.75) is 45.1 Å². The molecule has 1 aliphatic rings. The van der Waals surface area contributed by atoms with Crippen molar-refractivity contribution < 1.29 is 14.4 Å². The minimum Gasteiger partial charge on any atom is -0.391 e. The lowest BCUT2D eigenvalue weighted by Crippen LogP contribution is -2.42. The first-order valence-electron chi connectivity index (χ1n) is 6.55. The molecule has 5 nitrogen and oxygen atoms in total. The summed E-state index contributed by atoms with van der Waals surface area (Å²) in [4.78, 5) is 13.8. The third-order valence-electron chi connectivity index (χ3n) is 3.54. The van der Waals surface area contributed by atoms with Gasteiger partial charge in [0.2, 0.25) is 5.76 Å². The summed E-state index contributed by atoms with van der Waals surface area (Å²) in [5, 5.41) is 13.5. The number of rotatable bonds is 3. The lowest BCUT2D eigenvalue weighted by atomic mass is 10.0. The zero-order chi connectivity index (χ0) is 13.1. The third kappa shape index (κ3) is 2.72. The molecule has 1 N–H and O–H groups in total. The highest BCUT2D eigenvalue weighted by molar-refractivity contribution is 5.91. The molecule has 0 aliphatic carbocycles. The highest BCUT2D eigenvalue weighted by Gasteiger charge is 2.26. The van der Waals surface area contributed by atoms with Crippen LogP contribution in [0.3, 0.4) is 0 Å². The lowest BCUT2D eigenvalue weighted by molar-refractivity contribution is 0.0441. The summed E-state index contributed by atoms with van der Waals surface area (Å²) in [7, 11) is 0. The fourth-order valence-corrected chi connectivity index (χ4v) is 2.13. The quantitative estimate of drug-likeness (QED) is 0.890. The Bertz CT molecular complexity index is 416. The Hall–Kier alpha value is -1.36. The van der Waals surface area contributed by atoms with E-state index in [-0.39, 0.29) is 11.7 Å². The Kier molecular flexibility index (Phi) is 4.01. The van der Waals surface area contributed by atoms with Gasteiger partial charge in [-0.05, 0) is 19.3 Å². The first-order valence-corrected chi connectivity index (χ1v) is 6.55. The molecule has 2 rings (SSSR count). The Morgan fingerprint density at radius 1 is 1.72 bits per heavy atom. The normalized spacial score (nSPS) is 21.9. The van der Waals surface area contributed by atoms with Gasteiger partial charge in [0.15, 0.2) is 0 Å². The van der Waals surface area contributed by atoms with Gasteiger partial charge in [0.05, 0.1) is 11.8 Å². The minimum absolute atomic E-state index is 0.171. The number of hydrogen-bond acceptors (Lipinski definition) is 4. The summed E-state index contributed by atoms with van der Waals surface area (Å²) in [5.41, 5.74) is 0.818. The lowest BCUT2D eigenvalue weighted by Gasteiger charge is -2.29. The van der Waals surface area contributed by atoms with Crippen molar-refractivity contribution in [1.82, 2.24) is 10.1 Å². The average molecular weight is 252 g/mol. The Balaban J connectivity index is 2.06. The standard InChI is InChI=1S/C13H20N2O3/c1-3-9(2)11-7-12(18-14-11)13(17)15-6-4-5-10(16)8-15/h7,9-10,16H,3-6,8H2,1-2H3. The van der Waals surface area contributed by atoms with E-state index in [9.17, 15) is 9.90 Å². The fraction of sp³-hybridized carbons (Fsp3) is 0.692. The van der Waals surface area contributed by atoms with E-state index in [2.05, 4.69) is 19.0 Å². The molecule has 100 valence electrons. The molecular formula is C13H20N2O3. The molecule has 5 heteroatoms. The van der Waals surface area contributed by atoms with Gasteiger partial charge in [-0.25, -0.2) is 0 Å². The molecule has 0 saturated carbocycles. The summed E-state index contributed by atoms with van der Waals surface area (Å²) in [6.07, 6.45) is 2.14. The Morgan fingerprint density at radius 2 is 2.50 bits per heavy atom. The summed E-state index contributed by atoms with van der Waals surface area (Å²) in [5.74, 6) is 0.400. The van der Waals surface area contributed by atoms with Gasteiger partial charge in [-0.3, -0.25) is 4.79 Å². The van der Waals surface area contributed by atoms with Crippen LogP contribution in [0.15, 0.2) is 10.6 Å². The van der Waals surface area contributed by atoms with Crippen molar-refractivity contribution in [2.24, 2.45) is 0 Å². The second-order valence-electron chi connectivity index (χ2n) is 4.97. The zero-order valence-corrected chi connectivity index (χ0v) is 10.9. The molecule has 0 radical (unpaired) electrons. The van der Waals surface area contributed by atoms with E-state index in [1.54, 1.807) is 11.0 Å². The zero-order valence-electron chi connectivity index (χ0n) is 10.9. The van der Waals surface area contributed by atoms with Crippen LogP contribution in [0.1, 0.15) is 55.3 Å². The molecule has 1 aromatic rings. The summed E-state index contributed by atoms with van der Waals surface area (Å²) < 4.78 is 5.12. The van der Waals surface area contributed by atoms with Crippen LogP contribution < -0.4 is 0 Å². The number of amides is 1. The van der Waals surface area contributed by atoms with Gasteiger partial charge in [-0.2, -0.15) is 0 Å². The van der Waals surface area contributed by atoms with Gasteiger partial charge in [0.25, 0.3) is 5.91 Å². The van der Waals surface area contributed by atoms with Crippen molar-refractivity contribution in [1.29, 1.82) is 0 Å². The number of piperidine rings is 1. The first-order chi connectivity index (χ1) is 8.61. The van der Waals surface area contributed by atoms with E-state index in [0.717, 1.165) is 25.0 Å². The van der Waals surface area contributed by atoms with Crippen LogP contribution in [0, 0.1) is 0 Å². The van der Waals surface area contributed by atoms with E-state index in [4.69, 9.17) is 4.52 Å². The van der Waals surface area contributed by atoms with Crippen LogP contribution in [0.2, 0.25) is 0 Å². The second kappa shape index (κ2) is 5.52. The molecule has 0 bridgehead atoms. The summed E-state index contributed by atoms with van der Waals surface area (Å²) in [6, 6.07) is 1.72. The molecule has 1 fully saturated rings. The molecule has 2 unspecified atom stereocenters. The van der Waals surface area contributed by atoms with Crippen molar-refractivity contribution in [2.75, 3.05) is 13.1 Å². The third-order valence-corrected chi connectivity index (χ3v) is 3.54.